The molecule has 0 spiro atoms. The van der Waals surface area contributed by atoms with Crippen LogP contribution in [-0.4, -0.2) is 22.5 Å². The van der Waals surface area contributed by atoms with E-state index in [4.69, 9.17) is 21.3 Å². The zero-order valence-corrected chi connectivity index (χ0v) is 13.4. The minimum absolute atomic E-state index is 0.606. The van der Waals surface area contributed by atoms with E-state index in [2.05, 4.69) is 10.6 Å². The highest BCUT2D eigenvalue weighted by Gasteiger charge is 2.18. The van der Waals surface area contributed by atoms with Crippen LogP contribution in [0.15, 0.2) is 18.2 Å². The van der Waals surface area contributed by atoms with Crippen LogP contribution in [0.5, 0.6) is 5.75 Å². The van der Waals surface area contributed by atoms with E-state index < -0.39 is 0 Å². The van der Waals surface area contributed by atoms with Crippen molar-refractivity contribution in [3.63, 3.8) is 0 Å². The van der Waals surface area contributed by atoms with Crippen molar-refractivity contribution in [2.24, 2.45) is 5.92 Å². The van der Waals surface area contributed by atoms with Crippen LogP contribution in [0.1, 0.15) is 37.9 Å². The Morgan fingerprint density at radius 3 is 2.86 bits per heavy atom. The van der Waals surface area contributed by atoms with E-state index in [0.717, 1.165) is 36.0 Å². The lowest BCUT2D eigenvalue weighted by Crippen LogP contribution is -2.08. The fraction of sp³-hybridized carbons (Fsp3) is 0.588. The SMILES string of the molecule is COc1cccc2c1nc(CCCl)n2CCC1CCCC1. The maximum atomic E-state index is 5.95. The average Bonchev–Trinajstić information content (AvgIpc) is 3.12. The second kappa shape index (κ2) is 6.69. The first-order valence-corrected chi connectivity index (χ1v) is 8.45. The largest absolute Gasteiger partial charge is 0.494 e. The van der Waals surface area contributed by atoms with E-state index in [9.17, 15) is 0 Å². The van der Waals surface area contributed by atoms with Crippen LogP contribution in [0.2, 0.25) is 0 Å². The summed E-state index contributed by atoms with van der Waals surface area (Å²) in [6.07, 6.45) is 7.64. The first kappa shape index (κ1) is 14.7. The molecule has 4 heteroatoms. The van der Waals surface area contributed by atoms with Crippen LogP contribution in [-0.2, 0) is 13.0 Å². The molecule has 1 saturated carbocycles. The van der Waals surface area contributed by atoms with Gasteiger partial charge in [0.15, 0.2) is 0 Å². The number of rotatable bonds is 6. The molecule has 0 bridgehead atoms. The van der Waals surface area contributed by atoms with Crippen molar-refractivity contribution in [3.05, 3.63) is 24.0 Å². The van der Waals surface area contributed by atoms with Crippen LogP contribution in [0.4, 0.5) is 0 Å². The number of methoxy groups -OCH3 is 1. The molecule has 0 unspecified atom stereocenters. The highest BCUT2D eigenvalue weighted by atomic mass is 35.5. The number of para-hydroxylation sites is 1. The molecule has 1 aromatic heterocycles. The van der Waals surface area contributed by atoms with Gasteiger partial charge in [0.05, 0.1) is 12.6 Å². The molecule has 1 heterocycles. The number of benzene rings is 1. The Hall–Kier alpha value is -1.22. The van der Waals surface area contributed by atoms with Crippen molar-refractivity contribution in [2.75, 3.05) is 13.0 Å². The maximum Gasteiger partial charge on any atom is 0.146 e. The zero-order valence-electron chi connectivity index (χ0n) is 12.6. The van der Waals surface area contributed by atoms with E-state index in [1.807, 2.05) is 12.1 Å². The Bertz CT molecular complexity index is 602. The second-order valence-corrected chi connectivity index (χ2v) is 6.26. The third kappa shape index (κ3) is 3.03. The number of hydrogen-bond donors (Lipinski definition) is 0. The molecule has 21 heavy (non-hydrogen) atoms. The molecule has 1 fully saturated rings. The Labute approximate surface area is 131 Å². The topological polar surface area (TPSA) is 27.1 Å². The van der Waals surface area contributed by atoms with Crippen LogP contribution in [0, 0.1) is 5.92 Å². The Kier molecular flexibility index (Phi) is 4.69. The molecule has 1 aliphatic carbocycles. The lowest BCUT2D eigenvalue weighted by atomic mass is 10.0. The standard InChI is InChI=1S/C17H23ClN2O/c1-21-15-8-4-7-14-17(15)19-16(9-11-18)20(14)12-10-13-5-2-3-6-13/h4,7-8,13H,2-3,5-6,9-12H2,1H3. The van der Waals surface area contributed by atoms with E-state index >= 15 is 0 Å². The van der Waals surface area contributed by atoms with Gasteiger partial charge in [0, 0.05) is 18.8 Å². The summed E-state index contributed by atoms with van der Waals surface area (Å²) in [5, 5.41) is 0. The summed E-state index contributed by atoms with van der Waals surface area (Å²) in [4.78, 5) is 4.77. The van der Waals surface area contributed by atoms with Crippen molar-refractivity contribution in [3.8, 4) is 5.75 Å². The molecule has 3 nitrogen and oxygen atoms in total. The number of imidazole rings is 1. The van der Waals surface area contributed by atoms with E-state index in [1.165, 1.54) is 37.6 Å². The highest BCUT2D eigenvalue weighted by molar-refractivity contribution is 6.17. The number of aromatic nitrogens is 2. The van der Waals surface area contributed by atoms with E-state index in [0.29, 0.717) is 5.88 Å². The number of halogens is 1. The number of aryl methyl sites for hydroxylation is 2. The van der Waals surface area contributed by atoms with Crippen molar-refractivity contribution < 1.29 is 4.74 Å². The number of alkyl halides is 1. The molecule has 0 aliphatic heterocycles. The summed E-state index contributed by atoms with van der Waals surface area (Å²) in [6, 6.07) is 6.15. The van der Waals surface area contributed by atoms with Gasteiger partial charge in [0.25, 0.3) is 0 Å². The van der Waals surface area contributed by atoms with Crippen LogP contribution in [0.3, 0.4) is 0 Å². The van der Waals surface area contributed by atoms with Gasteiger partial charge in [0.1, 0.15) is 17.1 Å². The molecule has 1 aromatic carbocycles. The monoisotopic (exact) mass is 306 g/mol. The molecule has 0 radical (unpaired) electrons. The van der Waals surface area contributed by atoms with Gasteiger partial charge in [-0.2, -0.15) is 0 Å². The van der Waals surface area contributed by atoms with Crippen molar-refractivity contribution >= 4 is 22.6 Å². The van der Waals surface area contributed by atoms with Gasteiger partial charge in [-0.05, 0) is 24.5 Å². The lowest BCUT2D eigenvalue weighted by molar-refractivity contribution is 0.419. The summed E-state index contributed by atoms with van der Waals surface area (Å²) >= 11 is 5.95. The fourth-order valence-corrected chi connectivity index (χ4v) is 3.64. The van der Waals surface area contributed by atoms with Gasteiger partial charge < -0.3 is 9.30 Å². The smallest absolute Gasteiger partial charge is 0.146 e. The molecule has 2 aromatic rings. The first-order chi connectivity index (χ1) is 10.3. The predicted molar refractivity (Wildman–Crippen MR) is 87.3 cm³/mol. The highest BCUT2D eigenvalue weighted by Crippen LogP contribution is 2.30. The molecular formula is C17H23ClN2O. The third-order valence-electron chi connectivity index (χ3n) is 4.59. The summed E-state index contributed by atoms with van der Waals surface area (Å²) < 4.78 is 7.79. The van der Waals surface area contributed by atoms with E-state index in [1.54, 1.807) is 7.11 Å². The third-order valence-corrected chi connectivity index (χ3v) is 4.78. The molecule has 0 saturated heterocycles. The first-order valence-electron chi connectivity index (χ1n) is 7.91. The normalized spacial score (nSPS) is 15.9. The molecule has 0 atom stereocenters. The number of hydrogen-bond acceptors (Lipinski definition) is 2. The molecule has 0 amide bonds. The minimum Gasteiger partial charge on any atom is -0.494 e. The van der Waals surface area contributed by atoms with Gasteiger partial charge in [-0.3, -0.25) is 0 Å². The molecule has 0 N–H and O–H groups in total. The van der Waals surface area contributed by atoms with Gasteiger partial charge in [-0.1, -0.05) is 31.7 Å². The van der Waals surface area contributed by atoms with Crippen LogP contribution < -0.4 is 4.74 Å². The zero-order chi connectivity index (χ0) is 14.7. The van der Waals surface area contributed by atoms with Crippen molar-refractivity contribution in [2.45, 2.75) is 45.1 Å². The number of ether oxygens (including phenoxy) is 1. The van der Waals surface area contributed by atoms with E-state index in [-0.39, 0.29) is 0 Å². The fourth-order valence-electron chi connectivity index (χ4n) is 3.47. The molecule has 114 valence electrons. The summed E-state index contributed by atoms with van der Waals surface area (Å²) in [6.45, 7) is 1.04. The van der Waals surface area contributed by atoms with Gasteiger partial charge in [-0.15, -0.1) is 11.6 Å². The predicted octanol–water partition coefficient (Wildman–Crippen LogP) is 4.41. The quantitative estimate of drug-likeness (QED) is 0.739. The molecule has 3 rings (SSSR count). The van der Waals surface area contributed by atoms with Gasteiger partial charge >= 0.3 is 0 Å². The number of nitrogens with zero attached hydrogens (tertiary/aromatic N) is 2. The summed E-state index contributed by atoms with van der Waals surface area (Å²) in [7, 11) is 1.70. The summed E-state index contributed by atoms with van der Waals surface area (Å²) in [5.41, 5.74) is 2.14. The Morgan fingerprint density at radius 1 is 1.33 bits per heavy atom. The molecular weight excluding hydrogens is 284 g/mol. The Balaban J connectivity index is 1.91. The summed E-state index contributed by atoms with van der Waals surface area (Å²) in [5.74, 6) is 3.43. The maximum absolute atomic E-state index is 5.95. The van der Waals surface area contributed by atoms with Crippen LogP contribution >= 0.6 is 11.6 Å². The lowest BCUT2D eigenvalue weighted by Gasteiger charge is -2.12. The van der Waals surface area contributed by atoms with Crippen molar-refractivity contribution in [1.29, 1.82) is 0 Å². The minimum atomic E-state index is 0.606. The average molecular weight is 307 g/mol. The van der Waals surface area contributed by atoms with Crippen molar-refractivity contribution in [1.82, 2.24) is 9.55 Å². The van der Waals surface area contributed by atoms with Gasteiger partial charge in [-0.25, -0.2) is 4.98 Å². The van der Waals surface area contributed by atoms with Gasteiger partial charge in [0.2, 0.25) is 0 Å². The van der Waals surface area contributed by atoms with Crippen LogP contribution in [0.25, 0.3) is 11.0 Å². The molecule has 1 aliphatic rings. The second-order valence-electron chi connectivity index (χ2n) is 5.89. The Morgan fingerprint density at radius 2 is 2.14 bits per heavy atom. The number of fused-ring (bicyclic) bond motifs is 1.